The number of aromatic nitrogens is 2. The van der Waals surface area contributed by atoms with E-state index < -0.39 is 0 Å². The number of carbonyl (C=O) groups excluding carboxylic acids is 1. The molecule has 0 unspecified atom stereocenters. The van der Waals surface area contributed by atoms with Crippen molar-refractivity contribution in [3.05, 3.63) is 95.9 Å². The fourth-order valence-corrected chi connectivity index (χ4v) is 3.17. The molecule has 0 spiro atoms. The van der Waals surface area contributed by atoms with Crippen LogP contribution in [0.4, 0.5) is 0 Å². The zero-order valence-corrected chi connectivity index (χ0v) is 16.7. The highest BCUT2D eigenvalue weighted by atomic mass is 16.5. The Labute approximate surface area is 175 Å². The minimum atomic E-state index is -0.119. The fourth-order valence-electron chi connectivity index (χ4n) is 3.17. The van der Waals surface area contributed by atoms with E-state index in [2.05, 4.69) is 10.3 Å². The van der Waals surface area contributed by atoms with Crippen LogP contribution in [-0.2, 0) is 13.0 Å². The molecule has 2 aromatic carbocycles. The van der Waals surface area contributed by atoms with E-state index in [9.17, 15) is 4.79 Å². The number of imidazole rings is 1. The zero-order valence-electron chi connectivity index (χ0n) is 16.7. The minimum absolute atomic E-state index is 0.119. The van der Waals surface area contributed by atoms with Gasteiger partial charge in [0.15, 0.2) is 11.4 Å². The molecule has 0 atom stereocenters. The van der Waals surface area contributed by atoms with Crippen LogP contribution in [-0.4, -0.2) is 28.9 Å². The third kappa shape index (κ3) is 4.60. The van der Waals surface area contributed by atoms with Crippen molar-refractivity contribution in [2.45, 2.75) is 13.0 Å². The van der Waals surface area contributed by atoms with Crippen molar-refractivity contribution in [1.29, 1.82) is 0 Å². The summed E-state index contributed by atoms with van der Waals surface area (Å²) in [7, 11) is 1.63. The maximum Gasteiger partial charge on any atom is 0.251 e. The number of hydrogen-bond donors (Lipinski definition) is 1. The van der Waals surface area contributed by atoms with E-state index in [1.165, 1.54) is 0 Å². The predicted octanol–water partition coefficient (Wildman–Crippen LogP) is 3.89. The van der Waals surface area contributed by atoms with Crippen molar-refractivity contribution in [3.8, 4) is 11.5 Å². The molecule has 1 amide bonds. The number of fused-ring (bicyclic) bond motifs is 1. The molecular weight excluding hydrogens is 378 g/mol. The van der Waals surface area contributed by atoms with Crippen molar-refractivity contribution in [1.82, 2.24) is 14.7 Å². The van der Waals surface area contributed by atoms with Crippen LogP contribution in [0.15, 0.2) is 79.1 Å². The molecule has 4 rings (SSSR count). The summed E-state index contributed by atoms with van der Waals surface area (Å²) in [5.41, 5.74) is 3.36. The minimum Gasteiger partial charge on any atom is -0.493 e. The molecule has 2 heterocycles. The number of benzene rings is 2. The Morgan fingerprint density at radius 1 is 1.03 bits per heavy atom. The second-order valence-corrected chi connectivity index (χ2v) is 6.84. The van der Waals surface area contributed by atoms with Gasteiger partial charge in [0.2, 0.25) is 0 Å². The Morgan fingerprint density at radius 2 is 1.83 bits per heavy atom. The normalized spacial score (nSPS) is 10.7. The standard InChI is InChI=1S/C24H23N3O3/c1-29-22-8-5-15-27-16-20(26-23(22)27)13-14-25-24(28)19-9-11-21(12-10-19)30-17-18-6-3-2-4-7-18/h2-12,15-16H,13-14,17H2,1H3,(H,25,28). The summed E-state index contributed by atoms with van der Waals surface area (Å²) in [6, 6.07) is 20.9. The lowest BCUT2D eigenvalue weighted by Gasteiger charge is -2.08. The van der Waals surface area contributed by atoms with Crippen LogP contribution in [0, 0.1) is 0 Å². The lowest BCUT2D eigenvalue weighted by atomic mass is 10.2. The summed E-state index contributed by atoms with van der Waals surface area (Å²) in [5, 5.41) is 2.94. The first kappa shape index (κ1) is 19.5. The summed E-state index contributed by atoms with van der Waals surface area (Å²) >= 11 is 0. The largest absolute Gasteiger partial charge is 0.493 e. The molecule has 0 bridgehead atoms. The van der Waals surface area contributed by atoms with Gasteiger partial charge in [0.1, 0.15) is 12.4 Å². The number of pyridine rings is 1. The predicted molar refractivity (Wildman–Crippen MR) is 115 cm³/mol. The van der Waals surface area contributed by atoms with Crippen molar-refractivity contribution in [2.24, 2.45) is 0 Å². The van der Waals surface area contributed by atoms with Gasteiger partial charge in [0.05, 0.1) is 12.8 Å². The molecule has 6 heteroatoms. The first-order valence-corrected chi connectivity index (χ1v) is 9.78. The fraction of sp³-hybridized carbons (Fsp3) is 0.167. The van der Waals surface area contributed by atoms with E-state index in [1.807, 2.05) is 71.4 Å². The highest BCUT2D eigenvalue weighted by Crippen LogP contribution is 2.18. The topological polar surface area (TPSA) is 64.9 Å². The van der Waals surface area contributed by atoms with Crippen LogP contribution in [0.3, 0.4) is 0 Å². The molecule has 0 aliphatic carbocycles. The van der Waals surface area contributed by atoms with E-state index in [-0.39, 0.29) is 5.91 Å². The molecule has 0 aliphatic rings. The van der Waals surface area contributed by atoms with Gasteiger partial charge in [-0.3, -0.25) is 4.79 Å². The van der Waals surface area contributed by atoms with Crippen LogP contribution in [0.5, 0.6) is 11.5 Å². The Hall–Kier alpha value is -3.80. The van der Waals surface area contributed by atoms with Crippen LogP contribution >= 0.6 is 0 Å². The molecule has 2 aromatic heterocycles. The smallest absolute Gasteiger partial charge is 0.251 e. The number of amides is 1. The second kappa shape index (κ2) is 9.13. The van der Waals surface area contributed by atoms with Crippen molar-refractivity contribution in [3.63, 3.8) is 0 Å². The number of ether oxygens (including phenoxy) is 2. The highest BCUT2D eigenvalue weighted by molar-refractivity contribution is 5.94. The number of hydrogen-bond acceptors (Lipinski definition) is 4. The second-order valence-electron chi connectivity index (χ2n) is 6.84. The van der Waals surface area contributed by atoms with Gasteiger partial charge in [-0.15, -0.1) is 0 Å². The number of methoxy groups -OCH3 is 1. The maximum atomic E-state index is 12.4. The molecule has 0 fully saturated rings. The van der Waals surface area contributed by atoms with Gasteiger partial charge in [-0.1, -0.05) is 30.3 Å². The van der Waals surface area contributed by atoms with Gasteiger partial charge < -0.3 is 19.2 Å². The molecule has 0 aliphatic heterocycles. The van der Waals surface area contributed by atoms with Gasteiger partial charge in [-0.2, -0.15) is 0 Å². The summed E-state index contributed by atoms with van der Waals surface area (Å²) in [5.74, 6) is 1.34. The van der Waals surface area contributed by atoms with Crippen molar-refractivity contribution >= 4 is 11.6 Å². The monoisotopic (exact) mass is 401 g/mol. The van der Waals surface area contributed by atoms with Crippen LogP contribution in [0.1, 0.15) is 21.6 Å². The van der Waals surface area contributed by atoms with E-state index in [0.717, 1.165) is 28.4 Å². The number of nitrogens with one attached hydrogen (secondary N) is 1. The first-order valence-electron chi connectivity index (χ1n) is 9.78. The third-order valence-corrected chi connectivity index (χ3v) is 4.75. The lowest BCUT2D eigenvalue weighted by molar-refractivity contribution is 0.0954. The Balaban J connectivity index is 1.29. The third-order valence-electron chi connectivity index (χ3n) is 4.75. The number of rotatable bonds is 8. The molecular formula is C24H23N3O3. The van der Waals surface area contributed by atoms with Gasteiger partial charge in [0.25, 0.3) is 5.91 Å². The zero-order chi connectivity index (χ0) is 20.8. The average Bonchev–Trinajstić information content (AvgIpc) is 3.21. The summed E-state index contributed by atoms with van der Waals surface area (Å²) in [6.07, 6.45) is 4.51. The quantitative estimate of drug-likeness (QED) is 0.486. The Kier molecular flexibility index (Phi) is 5.94. The van der Waals surface area contributed by atoms with Crippen molar-refractivity contribution in [2.75, 3.05) is 13.7 Å². The summed E-state index contributed by atoms with van der Waals surface area (Å²) in [6.45, 7) is 0.994. The molecule has 0 radical (unpaired) electrons. The van der Waals surface area contributed by atoms with E-state index in [4.69, 9.17) is 9.47 Å². The highest BCUT2D eigenvalue weighted by Gasteiger charge is 2.09. The van der Waals surface area contributed by atoms with Gasteiger partial charge in [-0.05, 0) is 42.0 Å². The van der Waals surface area contributed by atoms with Crippen LogP contribution in [0.2, 0.25) is 0 Å². The molecule has 30 heavy (non-hydrogen) atoms. The van der Waals surface area contributed by atoms with E-state index in [1.54, 1.807) is 19.2 Å². The Bertz CT molecular complexity index is 1120. The first-order chi connectivity index (χ1) is 14.7. The summed E-state index contributed by atoms with van der Waals surface area (Å²) < 4.78 is 13.0. The molecule has 0 saturated heterocycles. The SMILES string of the molecule is COc1cccn2cc(CCNC(=O)c3ccc(OCc4ccccc4)cc3)nc12. The molecule has 1 N–H and O–H groups in total. The average molecular weight is 401 g/mol. The van der Waals surface area contributed by atoms with Crippen LogP contribution < -0.4 is 14.8 Å². The van der Waals surface area contributed by atoms with E-state index in [0.29, 0.717) is 25.1 Å². The van der Waals surface area contributed by atoms with Gasteiger partial charge >= 0.3 is 0 Å². The van der Waals surface area contributed by atoms with Gasteiger partial charge in [-0.25, -0.2) is 4.98 Å². The lowest BCUT2D eigenvalue weighted by Crippen LogP contribution is -2.25. The molecule has 4 aromatic rings. The summed E-state index contributed by atoms with van der Waals surface area (Å²) in [4.78, 5) is 17.0. The number of carbonyl (C=O) groups is 1. The van der Waals surface area contributed by atoms with E-state index >= 15 is 0 Å². The van der Waals surface area contributed by atoms with Gasteiger partial charge in [0, 0.05) is 30.9 Å². The Morgan fingerprint density at radius 3 is 2.60 bits per heavy atom. The molecule has 0 saturated carbocycles. The molecule has 6 nitrogen and oxygen atoms in total. The molecule has 152 valence electrons. The van der Waals surface area contributed by atoms with Crippen molar-refractivity contribution < 1.29 is 14.3 Å². The van der Waals surface area contributed by atoms with Crippen LogP contribution in [0.25, 0.3) is 5.65 Å². The number of nitrogens with zero attached hydrogens (tertiary/aromatic N) is 2. The maximum absolute atomic E-state index is 12.4.